The largest absolute Gasteiger partial charge is 0.453 e. The van der Waals surface area contributed by atoms with E-state index in [1.54, 1.807) is 11.9 Å². The first kappa shape index (κ1) is 11.7. The zero-order valence-electron chi connectivity index (χ0n) is 9.97. The van der Waals surface area contributed by atoms with Crippen LogP contribution in [0.5, 0.6) is 0 Å². The van der Waals surface area contributed by atoms with Crippen LogP contribution in [0, 0.1) is 0 Å². The van der Waals surface area contributed by atoms with Crippen LogP contribution in [-0.4, -0.2) is 60.5 Å². The van der Waals surface area contributed by atoms with Gasteiger partial charge in [-0.05, 0) is 12.8 Å². The van der Waals surface area contributed by atoms with Gasteiger partial charge in [-0.25, -0.2) is 9.79 Å². The maximum atomic E-state index is 12.0. The molecule has 7 heteroatoms. The summed E-state index contributed by atoms with van der Waals surface area (Å²) in [5, 5.41) is 0. The lowest BCUT2D eigenvalue weighted by Gasteiger charge is -2.34. The molecule has 0 aromatic carbocycles. The minimum atomic E-state index is -0.761. The first-order valence-electron chi connectivity index (χ1n) is 5.46. The number of likely N-dealkylation sites (tertiary alicyclic amines) is 1. The van der Waals surface area contributed by atoms with Crippen molar-refractivity contribution in [3.05, 3.63) is 0 Å². The van der Waals surface area contributed by atoms with Gasteiger partial charge < -0.3 is 15.4 Å². The van der Waals surface area contributed by atoms with Crippen LogP contribution < -0.4 is 5.73 Å². The van der Waals surface area contributed by atoms with Crippen molar-refractivity contribution >= 4 is 18.0 Å². The van der Waals surface area contributed by atoms with E-state index in [2.05, 4.69) is 9.73 Å². The van der Waals surface area contributed by atoms with Crippen molar-refractivity contribution in [2.45, 2.75) is 18.4 Å². The molecule has 1 saturated heterocycles. The molecule has 0 aliphatic carbocycles. The minimum Gasteiger partial charge on any atom is -0.453 e. The van der Waals surface area contributed by atoms with Crippen LogP contribution in [0.25, 0.3) is 0 Å². The van der Waals surface area contributed by atoms with Gasteiger partial charge in [0, 0.05) is 20.1 Å². The monoisotopic (exact) mass is 240 g/mol. The smallest absolute Gasteiger partial charge is 0.409 e. The molecule has 0 aromatic heterocycles. The molecule has 1 fully saturated rings. The SMILES string of the molecule is COC(=O)N1CCC2(CC1)N=C(N)N(C)C2=O. The van der Waals surface area contributed by atoms with E-state index < -0.39 is 5.54 Å². The van der Waals surface area contributed by atoms with Crippen LogP contribution in [-0.2, 0) is 9.53 Å². The second-order valence-electron chi connectivity index (χ2n) is 4.32. The zero-order valence-corrected chi connectivity index (χ0v) is 9.97. The van der Waals surface area contributed by atoms with E-state index in [0.717, 1.165) is 0 Å². The average molecular weight is 240 g/mol. The fraction of sp³-hybridized carbons (Fsp3) is 0.700. The predicted molar refractivity (Wildman–Crippen MR) is 60.3 cm³/mol. The molecule has 2 amide bonds. The first-order valence-corrected chi connectivity index (χ1v) is 5.46. The third-order valence-corrected chi connectivity index (χ3v) is 3.40. The fourth-order valence-electron chi connectivity index (χ4n) is 2.27. The van der Waals surface area contributed by atoms with Crippen molar-refractivity contribution in [2.24, 2.45) is 10.7 Å². The van der Waals surface area contributed by atoms with E-state index >= 15 is 0 Å². The second kappa shape index (κ2) is 3.90. The molecule has 2 N–H and O–H groups in total. The van der Waals surface area contributed by atoms with Gasteiger partial charge in [-0.2, -0.15) is 0 Å². The third kappa shape index (κ3) is 1.71. The van der Waals surface area contributed by atoms with E-state index in [0.29, 0.717) is 25.9 Å². The number of nitrogens with two attached hydrogens (primary N) is 1. The van der Waals surface area contributed by atoms with Crippen LogP contribution in [0.4, 0.5) is 4.79 Å². The van der Waals surface area contributed by atoms with Gasteiger partial charge in [0.15, 0.2) is 5.96 Å². The highest BCUT2D eigenvalue weighted by Gasteiger charge is 2.48. The molecule has 0 unspecified atom stereocenters. The summed E-state index contributed by atoms with van der Waals surface area (Å²) in [7, 11) is 2.96. The molecule has 2 aliphatic rings. The fourth-order valence-corrected chi connectivity index (χ4v) is 2.27. The number of hydrogen-bond donors (Lipinski definition) is 1. The van der Waals surface area contributed by atoms with Gasteiger partial charge in [-0.1, -0.05) is 0 Å². The normalized spacial score (nSPS) is 22.9. The Bertz CT molecular complexity index is 385. The summed E-state index contributed by atoms with van der Waals surface area (Å²) in [5.41, 5.74) is 4.88. The van der Waals surface area contributed by atoms with Crippen molar-refractivity contribution in [1.29, 1.82) is 0 Å². The van der Waals surface area contributed by atoms with E-state index in [9.17, 15) is 9.59 Å². The maximum absolute atomic E-state index is 12.0. The number of guanidine groups is 1. The molecular formula is C10H16N4O3. The summed E-state index contributed by atoms with van der Waals surface area (Å²) in [6, 6.07) is 0. The van der Waals surface area contributed by atoms with E-state index in [-0.39, 0.29) is 18.0 Å². The lowest BCUT2D eigenvalue weighted by Crippen LogP contribution is -2.50. The maximum Gasteiger partial charge on any atom is 0.409 e. The van der Waals surface area contributed by atoms with Crippen molar-refractivity contribution in [3.63, 3.8) is 0 Å². The number of amides is 2. The molecule has 94 valence electrons. The molecule has 2 heterocycles. The van der Waals surface area contributed by atoms with Gasteiger partial charge in [-0.3, -0.25) is 9.69 Å². The van der Waals surface area contributed by atoms with Crippen LogP contribution in [0.1, 0.15) is 12.8 Å². The molecule has 0 radical (unpaired) electrons. The molecule has 0 aromatic rings. The Hall–Kier alpha value is -1.79. The Labute approximate surface area is 99.2 Å². The Balaban J connectivity index is 2.09. The molecule has 0 bridgehead atoms. The molecular weight excluding hydrogens is 224 g/mol. The number of aliphatic imine (C=N–C) groups is 1. The second-order valence-corrected chi connectivity index (χ2v) is 4.32. The Kier molecular flexibility index (Phi) is 2.68. The highest BCUT2D eigenvalue weighted by Crippen LogP contribution is 2.32. The lowest BCUT2D eigenvalue weighted by molar-refractivity contribution is -0.131. The van der Waals surface area contributed by atoms with Gasteiger partial charge in [0.2, 0.25) is 0 Å². The topological polar surface area (TPSA) is 88.2 Å². The number of carbonyl (C=O) groups is 2. The predicted octanol–water partition coefficient (Wildman–Crippen LogP) is -0.626. The van der Waals surface area contributed by atoms with Crippen LogP contribution in [0.3, 0.4) is 0 Å². The van der Waals surface area contributed by atoms with Crippen molar-refractivity contribution in [3.8, 4) is 0 Å². The number of carbonyl (C=O) groups excluding carboxylic acids is 2. The molecule has 0 saturated carbocycles. The van der Waals surface area contributed by atoms with Gasteiger partial charge in [0.05, 0.1) is 7.11 Å². The minimum absolute atomic E-state index is 0.0838. The molecule has 1 spiro atoms. The standard InChI is InChI=1S/C10H16N4O3/c1-13-7(15)10(12-8(13)11)3-5-14(6-4-10)9(16)17-2/h3-6H2,1-2H3,(H2,11,12). The van der Waals surface area contributed by atoms with E-state index in [1.807, 2.05) is 0 Å². The number of methoxy groups -OCH3 is 1. The summed E-state index contributed by atoms with van der Waals surface area (Å²) in [4.78, 5) is 30.6. The molecule has 0 atom stereocenters. The summed E-state index contributed by atoms with van der Waals surface area (Å²) in [6.45, 7) is 0.923. The zero-order chi connectivity index (χ0) is 12.6. The van der Waals surface area contributed by atoms with Crippen LogP contribution in [0.2, 0.25) is 0 Å². The lowest BCUT2D eigenvalue weighted by atomic mass is 9.88. The highest BCUT2D eigenvalue weighted by atomic mass is 16.5. The number of likely N-dealkylation sites (N-methyl/N-ethyl adjacent to an activating group) is 1. The Morgan fingerprint density at radius 1 is 1.47 bits per heavy atom. The molecule has 7 nitrogen and oxygen atoms in total. The summed E-state index contributed by atoms with van der Waals surface area (Å²) in [5.74, 6) is 0.168. The number of nitrogens with zero attached hydrogens (tertiary/aromatic N) is 3. The summed E-state index contributed by atoms with van der Waals surface area (Å²) in [6.07, 6.45) is 0.619. The van der Waals surface area contributed by atoms with Gasteiger partial charge in [0.1, 0.15) is 5.54 Å². The van der Waals surface area contributed by atoms with E-state index in [4.69, 9.17) is 5.73 Å². The number of ether oxygens (including phenoxy) is 1. The van der Waals surface area contributed by atoms with Crippen LogP contribution >= 0.6 is 0 Å². The highest BCUT2D eigenvalue weighted by molar-refractivity contribution is 6.06. The van der Waals surface area contributed by atoms with E-state index in [1.165, 1.54) is 12.0 Å². The van der Waals surface area contributed by atoms with Crippen molar-refractivity contribution in [1.82, 2.24) is 9.80 Å². The Morgan fingerprint density at radius 2 is 2.06 bits per heavy atom. The Morgan fingerprint density at radius 3 is 2.47 bits per heavy atom. The first-order chi connectivity index (χ1) is 8.00. The average Bonchev–Trinajstić information content (AvgIpc) is 2.55. The molecule has 2 aliphatic heterocycles. The molecule has 17 heavy (non-hydrogen) atoms. The van der Waals surface area contributed by atoms with Crippen molar-refractivity contribution in [2.75, 3.05) is 27.2 Å². The van der Waals surface area contributed by atoms with Gasteiger partial charge in [0.25, 0.3) is 5.91 Å². The van der Waals surface area contributed by atoms with Gasteiger partial charge >= 0.3 is 6.09 Å². The third-order valence-electron chi connectivity index (χ3n) is 3.40. The van der Waals surface area contributed by atoms with Crippen molar-refractivity contribution < 1.29 is 14.3 Å². The van der Waals surface area contributed by atoms with Crippen LogP contribution in [0.15, 0.2) is 4.99 Å². The number of hydrogen-bond acceptors (Lipinski definition) is 5. The quantitative estimate of drug-likeness (QED) is 0.611. The summed E-state index contributed by atoms with van der Waals surface area (Å²) >= 11 is 0. The summed E-state index contributed by atoms with van der Waals surface area (Å²) < 4.78 is 4.64. The number of piperidine rings is 1. The number of rotatable bonds is 0. The van der Waals surface area contributed by atoms with Gasteiger partial charge in [-0.15, -0.1) is 0 Å². The molecule has 2 rings (SSSR count).